The lowest BCUT2D eigenvalue weighted by molar-refractivity contribution is 0.102. The first-order chi connectivity index (χ1) is 11.1. The Morgan fingerprint density at radius 2 is 1.50 bits per heavy atom. The molecule has 2 rings (SSSR count). The van der Waals surface area contributed by atoms with Crippen LogP contribution in [0.3, 0.4) is 0 Å². The maximum atomic E-state index is 12.5. The van der Waals surface area contributed by atoms with Gasteiger partial charge >= 0.3 is 0 Å². The third kappa shape index (κ3) is 4.35. The molecule has 2 N–H and O–H groups in total. The fraction of sp³-hybridized carbons (Fsp3) is 0.278. The average molecular weight is 346 g/mol. The molecule has 0 saturated carbocycles. The standard InChI is InChI=1S/C18H22N2O3S/c1-11-8-13(3)17(14(4)9-11)19-18(21)15-7-6-12(2)16(10-15)20-24(5,22)23/h6-10,20H,1-5H3,(H,19,21). The average Bonchev–Trinajstić information content (AvgIpc) is 2.43. The molecular weight excluding hydrogens is 324 g/mol. The van der Waals surface area contributed by atoms with E-state index in [-0.39, 0.29) is 5.91 Å². The number of rotatable bonds is 4. The van der Waals surface area contributed by atoms with E-state index in [1.54, 1.807) is 25.1 Å². The topological polar surface area (TPSA) is 75.3 Å². The van der Waals surface area contributed by atoms with Gasteiger partial charge in [-0.2, -0.15) is 0 Å². The van der Waals surface area contributed by atoms with Gasteiger partial charge in [-0.3, -0.25) is 9.52 Å². The molecule has 0 aliphatic carbocycles. The quantitative estimate of drug-likeness (QED) is 0.889. The monoisotopic (exact) mass is 346 g/mol. The van der Waals surface area contributed by atoms with Gasteiger partial charge in [-0.25, -0.2) is 8.42 Å². The van der Waals surface area contributed by atoms with Crippen molar-refractivity contribution in [3.05, 3.63) is 58.1 Å². The molecule has 1 amide bonds. The van der Waals surface area contributed by atoms with Gasteiger partial charge in [-0.05, 0) is 56.5 Å². The highest BCUT2D eigenvalue weighted by atomic mass is 32.2. The van der Waals surface area contributed by atoms with E-state index in [9.17, 15) is 13.2 Å². The van der Waals surface area contributed by atoms with Crippen LogP contribution in [-0.2, 0) is 10.0 Å². The number of hydrogen-bond acceptors (Lipinski definition) is 3. The molecule has 0 saturated heterocycles. The first-order valence-corrected chi connectivity index (χ1v) is 9.43. The zero-order valence-corrected chi connectivity index (χ0v) is 15.3. The number of benzene rings is 2. The summed E-state index contributed by atoms with van der Waals surface area (Å²) < 4.78 is 25.3. The summed E-state index contributed by atoms with van der Waals surface area (Å²) in [5.41, 5.74) is 5.44. The summed E-state index contributed by atoms with van der Waals surface area (Å²) in [6, 6.07) is 8.96. The van der Waals surface area contributed by atoms with Gasteiger partial charge in [-0.1, -0.05) is 23.8 Å². The Labute approximate surface area is 143 Å². The fourth-order valence-corrected chi connectivity index (χ4v) is 3.26. The van der Waals surface area contributed by atoms with Crippen LogP contribution >= 0.6 is 0 Å². The predicted molar refractivity (Wildman–Crippen MR) is 98.3 cm³/mol. The predicted octanol–water partition coefficient (Wildman–Crippen LogP) is 3.54. The van der Waals surface area contributed by atoms with Crippen LogP contribution in [-0.4, -0.2) is 20.6 Å². The number of hydrogen-bond donors (Lipinski definition) is 2. The summed E-state index contributed by atoms with van der Waals surface area (Å²) in [4.78, 5) is 12.5. The summed E-state index contributed by atoms with van der Waals surface area (Å²) in [7, 11) is -3.40. The molecule has 24 heavy (non-hydrogen) atoms. The normalized spacial score (nSPS) is 11.2. The van der Waals surface area contributed by atoms with E-state index in [0.717, 1.165) is 34.2 Å². The van der Waals surface area contributed by atoms with Gasteiger partial charge < -0.3 is 5.32 Å². The van der Waals surface area contributed by atoms with Crippen molar-refractivity contribution in [1.82, 2.24) is 0 Å². The Morgan fingerprint density at radius 1 is 0.917 bits per heavy atom. The Morgan fingerprint density at radius 3 is 2.04 bits per heavy atom. The van der Waals surface area contributed by atoms with Crippen molar-refractivity contribution < 1.29 is 13.2 Å². The van der Waals surface area contributed by atoms with Gasteiger partial charge in [-0.15, -0.1) is 0 Å². The smallest absolute Gasteiger partial charge is 0.255 e. The Kier molecular flexibility index (Phi) is 4.99. The molecule has 0 aliphatic rings. The number of sulfonamides is 1. The van der Waals surface area contributed by atoms with Crippen molar-refractivity contribution >= 4 is 27.3 Å². The minimum atomic E-state index is -3.40. The van der Waals surface area contributed by atoms with E-state index in [1.807, 2.05) is 32.9 Å². The van der Waals surface area contributed by atoms with Crippen molar-refractivity contribution in [1.29, 1.82) is 0 Å². The molecule has 6 heteroatoms. The Bertz CT molecular complexity index is 879. The maximum Gasteiger partial charge on any atom is 0.255 e. The molecule has 0 fully saturated rings. The molecule has 0 atom stereocenters. The van der Waals surface area contributed by atoms with Crippen LogP contribution in [0, 0.1) is 27.7 Å². The zero-order valence-electron chi connectivity index (χ0n) is 14.5. The first kappa shape index (κ1) is 18.0. The maximum absolute atomic E-state index is 12.5. The van der Waals surface area contributed by atoms with Crippen LogP contribution in [0.4, 0.5) is 11.4 Å². The second-order valence-corrected chi connectivity index (χ2v) is 7.88. The molecule has 0 radical (unpaired) electrons. The van der Waals surface area contributed by atoms with Crippen molar-refractivity contribution in [3.63, 3.8) is 0 Å². The minimum Gasteiger partial charge on any atom is -0.322 e. The van der Waals surface area contributed by atoms with Crippen molar-refractivity contribution in [2.45, 2.75) is 27.7 Å². The van der Waals surface area contributed by atoms with Gasteiger partial charge in [0.2, 0.25) is 10.0 Å². The summed E-state index contributed by atoms with van der Waals surface area (Å²) >= 11 is 0. The van der Waals surface area contributed by atoms with E-state index in [0.29, 0.717) is 11.3 Å². The fourth-order valence-electron chi connectivity index (χ4n) is 2.64. The first-order valence-electron chi connectivity index (χ1n) is 7.54. The molecular formula is C18H22N2O3S. The zero-order chi connectivity index (χ0) is 18.1. The third-order valence-electron chi connectivity index (χ3n) is 3.71. The molecule has 0 heterocycles. The van der Waals surface area contributed by atoms with Crippen LogP contribution in [0.2, 0.25) is 0 Å². The van der Waals surface area contributed by atoms with Crippen LogP contribution in [0.5, 0.6) is 0 Å². The summed E-state index contributed by atoms with van der Waals surface area (Å²) in [5.74, 6) is -0.276. The Hall–Kier alpha value is -2.34. The molecule has 0 aliphatic heterocycles. The van der Waals surface area contributed by atoms with Gasteiger partial charge in [0.05, 0.1) is 11.9 Å². The second kappa shape index (κ2) is 6.65. The Balaban J connectivity index is 2.33. The molecule has 128 valence electrons. The largest absolute Gasteiger partial charge is 0.322 e. The van der Waals surface area contributed by atoms with Gasteiger partial charge in [0, 0.05) is 11.3 Å². The number of anilines is 2. The molecule has 0 unspecified atom stereocenters. The van der Waals surface area contributed by atoms with Crippen LogP contribution < -0.4 is 10.0 Å². The van der Waals surface area contributed by atoms with Crippen LogP contribution in [0.25, 0.3) is 0 Å². The van der Waals surface area contributed by atoms with Crippen molar-refractivity contribution in [3.8, 4) is 0 Å². The highest BCUT2D eigenvalue weighted by Crippen LogP contribution is 2.24. The third-order valence-corrected chi connectivity index (χ3v) is 4.30. The minimum absolute atomic E-state index is 0.276. The van der Waals surface area contributed by atoms with Crippen molar-refractivity contribution in [2.75, 3.05) is 16.3 Å². The summed E-state index contributed by atoms with van der Waals surface area (Å²) in [5, 5.41) is 2.92. The lowest BCUT2D eigenvalue weighted by Crippen LogP contribution is -2.16. The van der Waals surface area contributed by atoms with E-state index in [1.165, 1.54) is 0 Å². The molecule has 5 nitrogen and oxygen atoms in total. The number of carbonyl (C=O) groups is 1. The van der Waals surface area contributed by atoms with E-state index >= 15 is 0 Å². The van der Waals surface area contributed by atoms with E-state index in [2.05, 4.69) is 10.0 Å². The number of amides is 1. The lowest BCUT2D eigenvalue weighted by Gasteiger charge is -2.14. The van der Waals surface area contributed by atoms with Gasteiger partial charge in [0.15, 0.2) is 0 Å². The van der Waals surface area contributed by atoms with Gasteiger partial charge in [0.25, 0.3) is 5.91 Å². The second-order valence-electron chi connectivity index (χ2n) is 6.13. The van der Waals surface area contributed by atoms with E-state index in [4.69, 9.17) is 0 Å². The summed E-state index contributed by atoms with van der Waals surface area (Å²) in [6.07, 6.45) is 1.08. The highest BCUT2D eigenvalue weighted by Gasteiger charge is 2.13. The highest BCUT2D eigenvalue weighted by molar-refractivity contribution is 7.92. The van der Waals surface area contributed by atoms with E-state index < -0.39 is 10.0 Å². The summed E-state index contributed by atoms with van der Waals surface area (Å²) in [6.45, 7) is 7.68. The molecule has 0 spiro atoms. The SMILES string of the molecule is Cc1cc(C)c(NC(=O)c2ccc(C)c(NS(C)(=O)=O)c2)c(C)c1. The number of aryl methyl sites for hydroxylation is 4. The molecule has 0 aromatic heterocycles. The van der Waals surface area contributed by atoms with Gasteiger partial charge in [0.1, 0.15) is 0 Å². The van der Waals surface area contributed by atoms with Crippen LogP contribution in [0.15, 0.2) is 30.3 Å². The number of carbonyl (C=O) groups excluding carboxylic acids is 1. The van der Waals surface area contributed by atoms with Crippen molar-refractivity contribution in [2.24, 2.45) is 0 Å². The molecule has 2 aromatic carbocycles. The van der Waals surface area contributed by atoms with Crippen LogP contribution in [0.1, 0.15) is 32.6 Å². The number of nitrogens with one attached hydrogen (secondary N) is 2. The molecule has 0 bridgehead atoms. The lowest BCUT2D eigenvalue weighted by atomic mass is 10.0. The molecule has 2 aromatic rings.